The molecule has 1 N–H and O–H groups in total. The zero-order chi connectivity index (χ0) is 13.2. The predicted octanol–water partition coefficient (Wildman–Crippen LogP) is 2.00. The number of methoxy groups -OCH3 is 1. The minimum Gasteiger partial charge on any atom is -0.481 e. The first-order valence-corrected chi connectivity index (χ1v) is 4.29. The van der Waals surface area contributed by atoms with Crippen LogP contribution < -0.4 is 9.47 Å². The standard InChI is InChI=1S/C9H8F3NO4/c1-4-3-5(16-2)13-6(8(14)15)7(4)17-9(10,11)12/h3H,1-2H3,(H,14,15). The van der Waals surface area contributed by atoms with E-state index in [0.717, 1.165) is 6.07 Å². The van der Waals surface area contributed by atoms with E-state index in [1.807, 2.05) is 0 Å². The molecule has 0 unspecified atom stereocenters. The van der Waals surface area contributed by atoms with Gasteiger partial charge < -0.3 is 14.6 Å². The molecule has 5 nitrogen and oxygen atoms in total. The molecule has 0 aliphatic carbocycles. The van der Waals surface area contributed by atoms with Crippen molar-refractivity contribution in [2.75, 3.05) is 7.11 Å². The van der Waals surface area contributed by atoms with Gasteiger partial charge in [0.1, 0.15) is 0 Å². The molecule has 0 aliphatic rings. The Bertz CT molecular complexity index is 445. The molecule has 0 spiro atoms. The molecule has 1 aromatic rings. The van der Waals surface area contributed by atoms with Crippen LogP contribution in [0, 0.1) is 6.92 Å². The number of aryl methyl sites for hydroxylation is 1. The van der Waals surface area contributed by atoms with Gasteiger partial charge in [-0.2, -0.15) is 0 Å². The second-order valence-corrected chi connectivity index (χ2v) is 3.01. The molecule has 0 aromatic carbocycles. The number of ether oxygens (including phenoxy) is 2. The van der Waals surface area contributed by atoms with E-state index in [2.05, 4.69) is 14.5 Å². The van der Waals surface area contributed by atoms with Gasteiger partial charge in [0.05, 0.1) is 7.11 Å². The Hall–Kier alpha value is -1.99. The van der Waals surface area contributed by atoms with Crippen molar-refractivity contribution in [2.24, 2.45) is 0 Å². The molecule has 0 atom stereocenters. The van der Waals surface area contributed by atoms with E-state index < -0.39 is 23.8 Å². The fraction of sp³-hybridized carbons (Fsp3) is 0.333. The summed E-state index contributed by atoms with van der Waals surface area (Å²) < 4.78 is 44.5. The van der Waals surface area contributed by atoms with Gasteiger partial charge in [-0.05, 0) is 12.5 Å². The molecular formula is C9H8F3NO4. The monoisotopic (exact) mass is 251 g/mol. The first-order chi connectivity index (χ1) is 7.74. The third-order valence-corrected chi connectivity index (χ3v) is 1.76. The topological polar surface area (TPSA) is 68.7 Å². The second kappa shape index (κ2) is 4.48. The van der Waals surface area contributed by atoms with Gasteiger partial charge in [-0.3, -0.25) is 0 Å². The number of rotatable bonds is 3. The van der Waals surface area contributed by atoms with Crippen molar-refractivity contribution in [1.82, 2.24) is 4.98 Å². The normalized spacial score (nSPS) is 11.1. The quantitative estimate of drug-likeness (QED) is 0.889. The molecule has 0 saturated carbocycles. The van der Waals surface area contributed by atoms with Gasteiger partial charge in [-0.15, -0.1) is 13.2 Å². The van der Waals surface area contributed by atoms with Crippen molar-refractivity contribution in [1.29, 1.82) is 0 Å². The molecule has 0 amide bonds. The minimum absolute atomic E-state index is 0.0356. The average molecular weight is 251 g/mol. The van der Waals surface area contributed by atoms with Crippen LogP contribution in [-0.4, -0.2) is 29.5 Å². The van der Waals surface area contributed by atoms with Crippen LogP contribution >= 0.6 is 0 Å². The average Bonchev–Trinajstić information content (AvgIpc) is 2.18. The van der Waals surface area contributed by atoms with Gasteiger partial charge >= 0.3 is 12.3 Å². The zero-order valence-electron chi connectivity index (χ0n) is 8.83. The number of carboxylic acid groups (broad SMARTS) is 1. The number of nitrogens with zero attached hydrogens (tertiary/aromatic N) is 1. The third kappa shape index (κ3) is 3.23. The number of alkyl halides is 3. The third-order valence-electron chi connectivity index (χ3n) is 1.76. The van der Waals surface area contributed by atoms with Crippen molar-refractivity contribution in [3.05, 3.63) is 17.3 Å². The summed E-state index contributed by atoms with van der Waals surface area (Å²) in [4.78, 5) is 14.2. The Balaban J connectivity index is 3.32. The summed E-state index contributed by atoms with van der Waals surface area (Å²) in [6.45, 7) is 1.26. The van der Waals surface area contributed by atoms with Crippen LogP contribution in [-0.2, 0) is 0 Å². The Morgan fingerprint density at radius 1 is 1.47 bits per heavy atom. The summed E-state index contributed by atoms with van der Waals surface area (Å²) in [6.07, 6.45) is -4.98. The number of pyridine rings is 1. The van der Waals surface area contributed by atoms with Crippen LogP contribution in [0.4, 0.5) is 13.2 Å². The Labute approximate surface area is 93.8 Å². The molecule has 0 saturated heterocycles. The number of aromatic carboxylic acids is 1. The highest BCUT2D eigenvalue weighted by Gasteiger charge is 2.34. The SMILES string of the molecule is COc1cc(C)c(OC(F)(F)F)c(C(=O)O)n1. The Morgan fingerprint density at radius 3 is 2.47 bits per heavy atom. The van der Waals surface area contributed by atoms with Crippen LogP contribution in [0.2, 0.25) is 0 Å². The number of hydrogen-bond donors (Lipinski definition) is 1. The largest absolute Gasteiger partial charge is 0.573 e. The van der Waals surface area contributed by atoms with Gasteiger partial charge in [0, 0.05) is 6.07 Å². The highest BCUT2D eigenvalue weighted by molar-refractivity contribution is 5.89. The van der Waals surface area contributed by atoms with Crippen molar-refractivity contribution < 1.29 is 32.5 Å². The molecule has 1 heterocycles. The maximum atomic E-state index is 12.1. The van der Waals surface area contributed by atoms with Gasteiger partial charge in [-0.1, -0.05) is 0 Å². The molecular weight excluding hydrogens is 243 g/mol. The molecule has 0 aliphatic heterocycles. The Morgan fingerprint density at radius 2 is 2.06 bits per heavy atom. The number of hydrogen-bond acceptors (Lipinski definition) is 4. The lowest BCUT2D eigenvalue weighted by Gasteiger charge is -2.13. The summed E-state index contributed by atoms with van der Waals surface area (Å²) in [6, 6.07) is 1.15. The van der Waals surface area contributed by atoms with E-state index in [-0.39, 0.29) is 11.4 Å². The van der Waals surface area contributed by atoms with E-state index in [1.165, 1.54) is 14.0 Å². The van der Waals surface area contributed by atoms with Crippen LogP contribution in [0.5, 0.6) is 11.6 Å². The van der Waals surface area contributed by atoms with Crippen molar-refractivity contribution >= 4 is 5.97 Å². The molecule has 17 heavy (non-hydrogen) atoms. The van der Waals surface area contributed by atoms with E-state index >= 15 is 0 Å². The maximum absolute atomic E-state index is 12.1. The van der Waals surface area contributed by atoms with Crippen LogP contribution in [0.1, 0.15) is 16.1 Å². The number of carboxylic acids is 1. The molecule has 8 heteroatoms. The summed E-state index contributed by atoms with van der Waals surface area (Å²) in [5.74, 6) is -2.58. The lowest BCUT2D eigenvalue weighted by atomic mass is 10.2. The fourth-order valence-corrected chi connectivity index (χ4v) is 1.12. The predicted molar refractivity (Wildman–Crippen MR) is 49.2 cm³/mol. The lowest BCUT2D eigenvalue weighted by molar-refractivity contribution is -0.275. The van der Waals surface area contributed by atoms with Crippen molar-refractivity contribution in [2.45, 2.75) is 13.3 Å². The molecule has 0 fully saturated rings. The van der Waals surface area contributed by atoms with Crippen LogP contribution in [0.25, 0.3) is 0 Å². The van der Waals surface area contributed by atoms with Crippen molar-refractivity contribution in [3.63, 3.8) is 0 Å². The minimum atomic E-state index is -4.98. The molecule has 0 radical (unpaired) electrons. The summed E-state index contributed by atoms with van der Waals surface area (Å²) >= 11 is 0. The van der Waals surface area contributed by atoms with E-state index in [0.29, 0.717) is 0 Å². The van der Waals surface area contributed by atoms with Gasteiger partial charge in [0.15, 0.2) is 11.4 Å². The number of aromatic nitrogens is 1. The molecule has 0 bridgehead atoms. The summed E-state index contributed by atoms with van der Waals surface area (Å²) in [5.41, 5.74) is -0.884. The van der Waals surface area contributed by atoms with Gasteiger partial charge in [0.25, 0.3) is 0 Å². The van der Waals surface area contributed by atoms with E-state index in [9.17, 15) is 18.0 Å². The van der Waals surface area contributed by atoms with Gasteiger partial charge in [-0.25, -0.2) is 9.78 Å². The molecule has 1 aromatic heterocycles. The zero-order valence-corrected chi connectivity index (χ0v) is 8.83. The highest BCUT2D eigenvalue weighted by Crippen LogP contribution is 2.31. The van der Waals surface area contributed by atoms with E-state index in [4.69, 9.17) is 5.11 Å². The van der Waals surface area contributed by atoms with E-state index in [1.54, 1.807) is 0 Å². The molecule has 1 rings (SSSR count). The summed E-state index contributed by atoms with van der Waals surface area (Å²) in [7, 11) is 1.22. The van der Waals surface area contributed by atoms with Crippen LogP contribution in [0.3, 0.4) is 0 Å². The van der Waals surface area contributed by atoms with Crippen LogP contribution in [0.15, 0.2) is 6.07 Å². The van der Waals surface area contributed by atoms with Crippen molar-refractivity contribution in [3.8, 4) is 11.6 Å². The lowest BCUT2D eigenvalue weighted by Crippen LogP contribution is -2.20. The first kappa shape index (κ1) is 13.1. The number of halogens is 3. The highest BCUT2D eigenvalue weighted by atomic mass is 19.4. The number of carbonyl (C=O) groups is 1. The fourth-order valence-electron chi connectivity index (χ4n) is 1.12. The Kier molecular flexibility index (Phi) is 3.45. The maximum Gasteiger partial charge on any atom is 0.573 e. The second-order valence-electron chi connectivity index (χ2n) is 3.01. The smallest absolute Gasteiger partial charge is 0.481 e. The van der Waals surface area contributed by atoms with Gasteiger partial charge in [0.2, 0.25) is 5.88 Å². The first-order valence-electron chi connectivity index (χ1n) is 4.29. The molecule has 94 valence electrons. The summed E-state index contributed by atoms with van der Waals surface area (Å²) in [5, 5.41) is 8.74.